The van der Waals surface area contributed by atoms with Gasteiger partial charge in [0.25, 0.3) is 11.8 Å². The number of aromatic amines is 1. The molecule has 198 valence electrons. The second kappa shape index (κ2) is 11.0. The van der Waals surface area contributed by atoms with Crippen LogP contribution < -0.4 is 21.7 Å². The molecular formula is C27H36N6O4. The van der Waals surface area contributed by atoms with Crippen LogP contribution in [0.15, 0.2) is 18.2 Å². The molecule has 0 fully saturated rings. The van der Waals surface area contributed by atoms with Crippen LogP contribution in [0.25, 0.3) is 11.6 Å². The number of likely N-dealkylation sites (N-methyl/N-ethyl adjacent to an activating group) is 1. The second-order valence-electron chi connectivity index (χ2n) is 9.66. The number of carbonyl (C=O) groups excluding carboxylic acids is 4. The van der Waals surface area contributed by atoms with Crippen molar-refractivity contribution < 1.29 is 19.2 Å². The van der Waals surface area contributed by atoms with Gasteiger partial charge in [0.2, 0.25) is 11.8 Å². The molecule has 0 aliphatic carbocycles. The van der Waals surface area contributed by atoms with Crippen LogP contribution in [-0.2, 0) is 14.4 Å². The lowest BCUT2D eigenvalue weighted by Gasteiger charge is -2.19. The molecule has 0 atom stereocenters. The van der Waals surface area contributed by atoms with Crippen LogP contribution in [-0.4, -0.2) is 59.7 Å². The molecule has 0 radical (unpaired) electrons. The standard InChI is InChI=1S/C27H36N6O4/c1-7-33(8-2)12-11-29-24(35)22-15(3)20(30-16(22)4)14-19-18-10-9-17(13-21(18)32-23(19)34)31-26(37)27(5,6)25(28)36/h9-10,13-14,30H,7-8,11-12H2,1-6H3,(H2,28,36)(H,29,35)(H,31,37)(H,32,34). The van der Waals surface area contributed by atoms with E-state index in [1.54, 1.807) is 24.3 Å². The van der Waals surface area contributed by atoms with Crippen LogP contribution in [0.1, 0.15) is 60.6 Å². The van der Waals surface area contributed by atoms with Crippen LogP contribution in [0.5, 0.6) is 0 Å². The van der Waals surface area contributed by atoms with E-state index in [0.29, 0.717) is 40.3 Å². The quantitative estimate of drug-likeness (QED) is 0.247. The number of amides is 4. The summed E-state index contributed by atoms with van der Waals surface area (Å²) in [4.78, 5) is 55.2. The summed E-state index contributed by atoms with van der Waals surface area (Å²) >= 11 is 0. The van der Waals surface area contributed by atoms with E-state index in [9.17, 15) is 19.2 Å². The molecule has 0 unspecified atom stereocenters. The summed E-state index contributed by atoms with van der Waals surface area (Å²) in [7, 11) is 0. The molecule has 1 aliphatic heterocycles. The van der Waals surface area contributed by atoms with Gasteiger partial charge in [0.05, 0.1) is 16.8 Å². The van der Waals surface area contributed by atoms with Crippen LogP contribution in [0, 0.1) is 19.3 Å². The lowest BCUT2D eigenvalue weighted by atomic mass is 9.91. The van der Waals surface area contributed by atoms with E-state index in [-0.39, 0.29) is 11.8 Å². The lowest BCUT2D eigenvalue weighted by molar-refractivity contribution is -0.136. The first-order chi connectivity index (χ1) is 17.4. The normalized spacial score (nSPS) is 14.0. The van der Waals surface area contributed by atoms with Gasteiger partial charge in [0.1, 0.15) is 5.41 Å². The van der Waals surface area contributed by atoms with Gasteiger partial charge in [0, 0.05) is 35.7 Å². The number of primary amides is 1. The Balaban J connectivity index is 1.81. The fourth-order valence-corrected chi connectivity index (χ4v) is 4.17. The van der Waals surface area contributed by atoms with Gasteiger partial charge in [-0.2, -0.15) is 0 Å². The molecule has 0 bridgehead atoms. The molecule has 0 saturated carbocycles. The molecule has 2 heterocycles. The number of aryl methyl sites for hydroxylation is 1. The average molecular weight is 509 g/mol. The summed E-state index contributed by atoms with van der Waals surface area (Å²) in [5.41, 5.74) is 8.70. The van der Waals surface area contributed by atoms with Gasteiger partial charge in [-0.3, -0.25) is 19.2 Å². The minimum atomic E-state index is -1.38. The Morgan fingerprint density at radius 2 is 1.81 bits per heavy atom. The Bertz CT molecular complexity index is 1270. The molecule has 10 heteroatoms. The Morgan fingerprint density at radius 3 is 2.43 bits per heavy atom. The van der Waals surface area contributed by atoms with Crippen molar-refractivity contribution in [1.82, 2.24) is 15.2 Å². The van der Waals surface area contributed by atoms with Crippen molar-refractivity contribution >= 4 is 46.7 Å². The van der Waals surface area contributed by atoms with Gasteiger partial charge in [-0.25, -0.2) is 0 Å². The molecule has 0 saturated heterocycles. The van der Waals surface area contributed by atoms with Gasteiger partial charge in [0.15, 0.2) is 0 Å². The third-order valence-corrected chi connectivity index (χ3v) is 6.84. The predicted octanol–water partition coefficient (Wildman–Crippen LogP) is 2.65. The number of hydrogen-bond acceptors (Lipinski definition) is 5. The Hall–Kier alpha value is -3.92. The highest BCUT2D eigenvalue weighted by Gasteiger charge is 2.34. The first kappa shape index (κ1) is 27.7. The topological polar surface area (TPSA) is 149 Å². The van der Waals surface area contributed by atoms with Crippen LogP contribution >= 0.6 is 0 Å². The highest BCUT2D eigenvalue weighted by atomic mass is 16.2. The maximum atomic E-state index is 12.9. The summed E-state index contributed by atoms with van der Waals surface area (Å²) in [5.74, 6) is -1.73. The van der Waals surface area contributed by atoms with Crippen LogP contribution in [0.4, 0.5) is 11.4 Å². The number of aromatic nitrogens is 1. The van der Waals surface area contributed by atoms with Gasteiger partial charge < -0.3 is 31.6 Å². The van der Waals surface area contributed by atoms with Gasteiger partial charge in [-0.1, -0.05) is 19.9 Å². The van der Waals surface area contributed by atoms with Crippen molar-refractivity contribution in [3.8, 4) is 0 Å². The van der Waals surface area contributed by atoms with E-state index in [0.717, 1.165) is 30.9 Å². The Labute approximate surface area is 217 Å². The summed E-state index contributed by atoms with van der Waals surface area (Å²) in [6, 6.07) is 5.01. The third kappa shape index (κ3) is 5.75. The SMILES string of the molecule is CCN(CC)CCNC(=O)c1c(C)[nH]c(C=C2C(=O)Nc3cc(NC(=O)C(C)(C)C(N)=O)ccc32)c1C. The average Bonchev–Trinajstić information content (AvgIpc) is 3.30. The summed E-state index contributed by atoms with van der Waals surface area (Å²) in [6.45, 7) is 13.9. The van der Waals surface area contributed by atoms with E-state index in [1.807, 2.05) is 13.8 Å². The van der Waals surface area contributed by atoms with E-state index in [1.165, 1.54) is 13.8 Å². The first-order valence-electron chi connectivity index (χ1n) is 12.4. The minimum Gasteiger partial charge on any atom is -0.369 e. The van der Waals surface area contributed by atoms with Crippen molar-refractivity contribution in [1.29, 1.82) is 0 Å². The number of nitrogens with one attached hydrogen (secondary N) is 4. The van der Waals surface area contributed by atoms with Crippen molar-refractivity contribution in [3.05, 3.63) is 46.3 Å². The lowest BCUT2D eigenvalue weighted by Crippen LogP contribution is -2.42. The number of hydrogen-bond donors (Lipinski definition) is 5. The smallest absolute Gasteiger partial charge is 0.256 e. The molecule has 2 aromatic rings. The number of H-pyrrole nitrogens is 1. The fourth-order valence-electron chi connectivity index (χ4n) is 4.17. The van der Waals surface area contributed by atoms with Crippen LogP contribution in [0.3, 0.4) is 0 Å². The fraction of sp³-hybridized carbons (Fsp3) is 0.407. The number of anilines is 2. The van der Waals surface area contributed by atoms with Crippen molar-refractivity contribution in [2.45, 2.75) is 41.5 Å². The van der Waals surface area contributed by atoms with Crippen molar-refractivity contribution in [2.24, 2.45) is 11.1 Å². The zero-order valence-corrected chi connectivity index (χ0v) is 22.3. The number of nitrogens with two attached hydrogens (primary N) is 1. The number of fused-ring (bicyclic) bond motifs is 1. The molecule has 1 aromatic carbocycles. The summed E-state index contributed by atoms with van der Waals surface area (Å²) in [6.07, 6.45) is 1.73. The molecule has 10 nitrogen and oxygen atoms in total. The molecule has 6 N–H and O–H groups in total. The number of carbonyl (C=O) groups is 4. The zero-order valence-electron chi connectivity index (χ0n) is 22.3. The Morgan fingerprint density at radius 1 is 1.14 bits per heavy atom. The predicted molar refractivity (Wildman–Crippen MR) is 145 cm³/mol. The highest BCUT2D eigenvalue weighted by molar-refractivity contribution is 6.35. The maximum absolute atomic E-state index is 12.9. The van der Waals surface area contributed by atoms with Gasteiger partial charge >= 0.3 is 0 Å². The molecule has 3 rings (SSSR count). The summed E-state index contributed by atoms with van der Waals surface area (Å²) < 4.78 is 0. The third-order valence-electron chi connectivity index (χ3n) is 6.84. The van der Waals surface area contributed by atoms with E-state index >= 15 is 0 Å². The second-order valence-corrected chi connectivity index (χ2v) is 9.66. The Kier molecular flexibility index (Phi) is 8.22. The van der Waals surface area contributed by atoms with Crippen molar-refractivity contribution in [3.63, 3.8) is 0 Å². The van der Waals surface area contributed by atoms with Crippen molar-refractivity contribution in [2.75, 3.05) is 36.8 Å². The summed E-state index contributed by atoms with van der Waals surface area (Å²) in [5, 5.41) is 8.47. The number of benzene rings is 1. The zero-order chi connectivity index (χ0) is 27.5. The molecule has 4 amide bonds. The number of nitrogens with zero attached hydrogens (tertiary/aromatic N) is 1. The van der Waals surface area contributed by atoms with Gasteiger partial charge in [-0.15, -0.1) is 0 Å². The van der Waals surface area contributed by atoms with E-state index in [2.05, 4.69) is 39.7 Å². The molecular weight excluding hydrogens is 472 g/mol. The largest absolute Gasteiger partial charge is 0.369 e. The van der Waals surface area contributed by atoms with Gasteiger partial charge in [-0.05, 0) is 64.6 Å². The minimum absolute atomic E-state index is 0.154. The monoisotopic (exact) mass is 508 g/mol. The first-order valence-corrected chi connectivity index (χ1v) is 12.4. The maximum Gasteiger partial charge on any atom is 0.256 e. The molecule has 0 spiro atoms. The molecule has 1 aliphatic rings. The molecule has 1 aromatic heterocycles. The van der Waals surface area contributed by atoms with Crippen LogP contribution in [0.2, 0.25) is 0 Å². The van der Waals surface area contributed by atoms with E-state index < -0.39 is 17.2 Å². The number of rotatable bonds is 10. The van der Waals surface area contributed by atoms with E-state index in [4.69, 9.17) is 5.73 Å². The molecule has 37 heavy (non-hydrogen) atoms. The highest BCUT2D eigenvalue weighted by Crippen LogP contribution is 2.36.